The molecule has 0 aliphatic heterocycles. The van der Waals surface area contributed by atoms with Crippen molar-refractivity contribution >= 4 is 13.2 Å². The largest absolute Gasteiger partial charge is 0.415 e. The lowest BCUT2D eigenvalue weighted by atomic mass is 10.9. The molecule has 1 atom stereocenters. The smallest absolute Gasteiger partial charge is 0.338 e. The summed E-state index contributed by atoms with van der Waals surface area (Å²) in [6, 6.07) is 0. The first-order chi connectivity index (χ1) is 4.91. The van der Waals surface area contributed by atoms with E-state index >= 15 is 0 Å². The summed E-state index contributed by atoms with van der Waals surface area (Å²) in [4.78, 5) is 20.8. The molecule has 5 nitrogen and oxygen atoms in total. The van der Waals surface area contributed by atoms with E-state index in [2.05, 4.69) is 4.52 Å². The summed E-state index contributed by atoms with van der Waals surface area (Å²) in [6.07, 6.45) is 0. The monoisotopic (exact) mass is 181 g/mol. The Morgan fingerprint density at radius 3 is 2.36 bits per heavy atom. The van der Waals surface area contributed by atoms with E-state index in [9.17, 15) is 9.36 Å². The molecule has 0 saturated heterocycles. The van der Waals surface area contributed by atoms with Crippen LogP contribution in [0.2, 0.25) is 0 Å². The SMILES string of the molecule is CCOP(=O)(O)C(=O)N(C)C. The number of hydrogen-bond donors (Lipinski definition) is 1. The topological polar surface area (TPSA) is 66.8 Å². The average molecular weight is 181 g/mol. The van der Waals surface area contributed by atoms with E-state index in [-0.39, 0.29) is 6.61 Å². The van der Waals surface area contributed by atoms with Gasteiger partial charge in [0.05, 0.1) is 6.61 Å². The van der Waals surface area contributed by atoms with Crippen LogP contribution in [0.1, 0.15) is 6.92 Å². The predicted molar refractivity (Wildman–Crippen MR) is 40.5 cm³/mol. The van der Waals surface area contributed by atoms with Gasteiger partial charge in [0.25, 0.3) is 0 Å². The van der Waals surface area contributed by atoms with Crippen LogP contribution < -0.4 is 0 Å². The van der Waals surface area contributed by atoms with Gasteiger partial charge in [0.2, 0.25) is 0 Å². The third kappa shape index (κ3) is 3.01. The van der Waals surface area contributed by atoms with E-state index in [4.69, 9.17) is 4.89 Å². The number of nitrogens with zero attached hydrogens (tertiary/aromatic N) is 1. The highest BCUT2D eigenvalue weighted by molar-refractivity contribution is 7.70. The molecule has 0 spiro atoms. The van der Waals surface area contributed by atoms with E-state index in [0.717, 1.165) is 4.90 Å². The molecule has 6 heteroatoms. The van der Waals surface area contributed by atoms with Crippen molar-refractivity contribution in [3.05, 3.63) is 0 Å². The van der Waals surface area contributed by atoms with Crippen LogP contribution in [0.15, 0.2) is 0 Å². The Kier molecular flexibility index (Phi) is 3.72. The molecule has 0 aliphatic carbocycles. The fourth-order valence-electron chi connectivity index (χ4n) is 0.483. The van der Waals surface area contributed by atoms with E-state index in [1.54, 1.807) is 6.92 Å². The number of amides is 1. The molecule has 11 heavy (non-hydrogen) atoms. The van der Waals surface area contributed by atoms with Gasteiger partial charge in [0, 0.05) is 14.1 Å². The first kappa shape index (κ1) is 10.6. The molecule has 0 aromatic heterocycles. The highest BCUT2D eigenvalue weighted by atomic mass is 31.2. The van der Waals surface area contributed by atoms with Crippen LogP contribution in [0, 0.1) is 0 Å². The third-order valence-corrected chi connectivity index (χ3v) is 2.42. The molecule has 0 saturated carbocycles. The van der Waals surface area contributed by atoms with Gasteiger partial charge >= 0.3 is 13.2 Å². The van der Waals surface area contributed by atoms with E-state index in [1.807, 2.05) is 0 Å². The van der Waals surface area contributed by atoms with Crippen molar-refractivity contribution in [2.75, 3.05) is 20.7 Å². The molecule has 1 N–H and O–H groups in total. The van der Waals surface area contributed by atoms with Crippen molar-refractivity contribution in [1.82, 2.24) is 4.90 Å². The molecule has 0 aromatic rings. The van der Waals surface area contributed by atoms with Crippen LogP contribution in [0.5, 0.6) is 0 Å². The number of hydrogen-bond acceptors (Lipinski definition) is 3. The summed E-state index contributed by atoms with van der Waals surface area (Å²) in [5.74, 6) is 0. The van der Waals surface area contributed by atoms with Crippen molar-refractivity contribution in [3.63, 3.8) is 0 Å². The minimum absolute atomic E-state index is 0.0490. The molecule has 0 fully saturated rings. The molecule has 66 valence electrons. The predicted octanol–water partition coefficient (Wildman–Crippen LogP) is 0.890. The standard InChI is InChI=1S/C5H12NO4P/c1-4-10-11(8,9)5(7)6(2)3/h4H2,1-3H3,(H,8,9). The Hall–Kier alpha value is -0.380. The van der Waals surface area contributed by atoms with Crippen LogP contribution in [0.3, 0.4) is 0 Å². The van der Waals surface area contributed by atoms with Crippen molar-refractivity contribution in [1.29, 1.82) is 0 Å². The first-order valence-electron chi connectivity index (χ1n) is 3.11. The summed E-state index contributed by atoms with van der Waals surface area (Å²) in [7, 11) is -1.27. The van der Waals surface area contributed by atoms with E-state index in [1.165, 1.54) is 14.1 Å². The number of rotatable bonds is 3. The van der Waals surface area contributed by atoms with Crippen LogP contribution in [-0.4, -0.2) is 36.1 Å². The molecule has 1 unspecified atom stereocenters. The second-order valence-electron chi connectivity index (χ2n) is 2.12. The summed E-state index contributed by atoms with van der Waals surface area (Å²) in [6.45, 7) is 1.60. The van der Waals surface area contributed by atoms with Gasteiger partial charge < -0.3 is 14.3 Å². The minimum atomic E-state index is -4.05. The summed E-state index contributed by atoms with van der Waals surface area (Å²) < 4.78 is 15.3. The molecule has 0 aromatic carbocycles. The fourth-order valence-corrected chi connectivity index (χ4v) is 1.45. The summed E-state index contributed by atoms with van der Waals surface area (Å²) in [5, 5.41) is 0. The molecular formula is C5H12NO4P. The Balaban J connectivity index is 4.31. The Bertz CT molecular complexity index is 191. The van der Waals surface area contributed by atoms with Gasteiger partial charge in [0.15, 0.2) is 0 Å². The molecule has 0 heterocycles. The molecule has 1 amide bonds. The zero-order chi connectivity index (χ0) is 9.07. The zero-order valence-electron chi connectivity index (χ0n) is 6.77. The van der Waals surface area contributed by atoms with Crippen LogP contribution >= 0.6 is 7.60 Å². The van der Waals surface area contributed by atoms with Crippen molar-refractivity contribution in [2.45, 2.75) is 6.92 Å². The third-order valence-electron chi connectivity index (χ3n) is 0.928. The minimum Gasteiger partial charge on any atom is -0.338 e. The van der Waals surface area contributed by atoms with E-state index < -0.39 is 13.2 Å². The van der Waals surface area contributed by atoms with Gasteiger partial charge in [-0.1, -0.05) is 0 Å². The van der Waals surface area contributed by atoms with Crippen molar-refractivity contribution in [3.8, 4) is 0 Å². The molecule has 0 radical (unpaired) electrons. The van der Waals surface area contributed by atoms with Crippen LogP contribution in [0.4, 0.5) is 4.79 Å². The number of carbonyl (C=O) groups is 1. The van der Waals surface area contributed by atoms with Crippen molar-refractivity contribution < 1.29 is 18.8 Å². The van der Waals surface area contributed by atoms with Crippen LogP contribution in [-0.2, 0) is 9.09 Å². The maximum Gasteiger partial charge on any atom is 0.415 e. The number of carbonyl (C=O) groups excluding carboxylic acids is 1. The second kappa shape index (κ2) is 3.85. The van der Waals surface area contributed by atoms with Gasteiger partial charge in [-0.2, -0.15) is 0 Å². The maximum atomic E-state index is 10.9. The fraction of sp³-hybridized carbons (Fsp3) is 0.800. The quantitative estimate of drug-likeness (QED) is 0.656. The van der Waals surface area contributed by atoms with E-state index in [0.29, 0.717) is 0 Å². The normalized spacial score (nSPS) is 15.6. The van der Waals surface area contributed by atoms with Crippen LogP contribution in [0.25, 0.3) is 0 Å². The van der Waals surface area contributed by atoms with Gasteiger partial charge in [0.1, 0.15) is 0 Å². The molecule has 0 rings (SSSR count). The summed E-state index contributed by atoms with van der Waals surface area (Å²) >= 11 is 0. The first-order valence-corrected chi connectivity index (χ1v) is 4.68. The van der Waals surface area contributed by atoms with Gasteiger partial charge in [-0.3, -0.25) is 4.79 Å². The summed E-state index contributed by atoms with van der Waals surface area (Å²) in [5.41, 5.74) is -0.889. The molecular weight excluding hydrogens is 169 g/mol. The van der Waals surface area contributed by atoms with Gasteiger partial charge in [-0.15, -0.1) is 0 Å². The Labute approximate surface area is 65.5 Å². The zero-order valence-corrected chi connectivity index (χ0v) is 7.67. The lowest BCUT2D eigenvalue weighted by Gasteiger charge is -2.14. The molecule has 0 bridgehead atoms. The Morgan fingerprint density at radius 2 is 2.09 bits per heavy atom. The highest BCUT2D eigenvalue weighted by Gasteiger charge is 2.31. The second-order valence-corrected chi connectivity index (χ2v) is 3.80. The lowest BCUT2D eigenvalue weighted by molar-refractivity contribution is 0.216. The van der Waals surface area contributed by atoms with Gasteiger partial charge in [-0.05, 0) is 6.92 Å². The molecule has 0 aliphatic rings. The van der Waals surface area contributed by atoms with Crippen molar-refractivity contribution in [2.24, 2.45) is 0 Å². The highest BCUT2D eigenvalue weighted by Crippen LogP contribution is 2.43. The average Bonchev–Trinajstić information content (AvgIpc) is 1.86. The van der Waals surface area contributed by atoms with Gasteiger partial charge in [-0.25, -0.2) is 4.57 Å². The maximum absolute atomic E-state index is 10.9. The Morgan fingerprint density at radius 1 is 1.64 bits per heavy atom. The lowest BCUT2D eigenvalue weighted by Crippen LogP contribution is -2.20.